The molecule has 2 aromatic rings. The molecule has 0 unspecified atom stereocenters. The minimum Gasteiger partial charge on any atom is -0.497 e. The minimum absolute atomic E-state index is 0.124. The Morgan fingerprint density at radius 1 is 0.955 bits per heavy atom. The zero-order chi connectivity index (χ0) is 15.9. The lowest BCUT2D eigenvalue weighted by atomic mass is 10.1. The summed E-state index contributed by atoms with van der Waals surface area (Å²) in [5.41, 5.74) is 7.13. The number of carbonyl (C=O) groups is 2. The van der Waals surface area contributed by atoms with Gasteiger partial charge in [-0.3, -0.25) is 4.79 Å². The fourth-order valence-corrected chi connectivity index (χ4v) is 1.91. The number of nitrogens with two attached hydrogens (primary N) is 1. The number of carbonyl (C=O) groups excluding carboxylic acids is 2. The van der Waals surface area contributed by atoms with Crippen LogP contribution in [0.25, 0.3) is 0 Å². The number of hydrogen-bond acceptors (Lipinski definition) is 3. The number of methoxy groups -OCH3 is 1. The molecule has 6 nitrogen and oxygen atoms in total. The number of anilines is 2. The molecule has 0 bridgehead atoms. The van der Waals surface area contributed by atoms with E-state index in [1.807, 2.05) is 24.3 Å². The van der Waals surface area contributed by atoms with Gasteiger partial charge in [0.2, 0.25) is 5.91 Å². The van der Waals surface area contributed by atoms with Gasteiger partial charge in [-0.1, -0.05) is 12.1 Å². The van der Waals surface area contributed by atoms with Crippen LogP contribution in [0.4, 0.5) is 16.2 Å². The van der Waals surface area contributed by atoms with Crippen molar-refractivity contribution < 1.29 is 14.3 Å². The Bertz CT molecular complexity index is 651. The lowest BCUT2D eigenvalue weighted by Gasteiger charge is -2.07. The Morgan fingerprint density at radius 2 is 1.50 bits per heavy atom. The van der Waals surface area contributed by atoms with Crippen LogP contribution in [0, 0.1) is 0 Å². The average molecular weight is 299 g/mol. The van der Waals surface area contributed by atoms with Crippen LogP contribution < -0.4 is 21.1 Å². The fourth-order valence-electron chi connectivity index (χ4n) is 1.91. The number of rotatable bonds is 5. The topological polar surface area (TPSA) is 93.4 Å². The maximum atomic E-state index is 12.0. The molecular formula is C16H17N3O3. The molecule has 0 heterocycles. The van der Waals surface area contributed by atoms with Crippen molar-refractivity contribution in [3.63, 3.8) is 0 Å². The van der Waals surface area contributed by atoms with Crippen LogP contribution >= 0.6 is 0 Å². The molecule has 0 aromatic heterocycles. The van der Waals surface area contributed by atoms with Gasteiger partial charge in [-0.25, -0.2) is 4.79 Å². The van der Waals surface area contributed by atoms with Crippen molar-refractivity contribution in [2.24, 2.45) is 5.73 Å². The first-order chi connectivity index (χ1) is 10.6. The van der Waals surface area contributed by atoms with Crippen LogP contribution in [0.2, 0.25) is 0 Å². The second-order valence-corrected chi connectivity index (χ2v) is 4.64. The first-order valence-corrected chi connectivity index (χ1v) is 6.66. The van der Waals surface area contributed by atoms with E-state index < -0.39 is 6.03 Å². The SMILES string of the molecule is COc1ccc(CC(=O)Nc2ccc(NC(N)=O)cc2)cc1. The van der Waals surface area contributed by atoms with Crippen molar-refractivity contribution in [3.8, 4) is 5.75 Å². The number of ether oxygens (including phenoxy) is 1. The number of nitrogens with one attached hydrogen (secondary N) is 2. The summed E-state index contributed by atoms with van der Waals surface area (Å²) in [6, 6.07) is 13.4. The molecule has 0 aliphatic carbocycles. The zero-order valence-electron chi connectivity index (χ0n) is 12.1. The van der Waals surface area contributed by atoms with Crippen molar-refractivity contribution >= 4 is 23.3 Å². The van der Waals surface area contributed by atoms with E-state index in [1.54, 1.807) is 31.4 Å². The summed E-state index contributed by atoms with van der Waals surface area (Å²) in [4.78, 5) is 22.7. The highest BCUT2D eigenvalue weighted by Crippen LogP contribution is 2.15. The van der Waals surface area contributed by atoms with Crippen molar-refractivity contribution in [2.75, 3.05) is 17.7 Å². The van der Waals surface area contributed by atoms with Gasteiger partial charge < -0.3 is 21.1 Å². The van der Waals surface area contributed by atoms with Gasteiger partial charge in [-0.05, 0) is 42.0 Å². The summed E-state index contributed by atoms with van der Waals surface area (Å²) in [6.45, 7) is 0. The van der Waals surface area contributed by atoms with E-state index in [4.69, 9.17) is 10.5 Å². The molecule has 2 rings (SSSR count). The number of amides is 3. The molecule has 0 radical (unpaired) electrons. The molecule has 114 valence electrons. The third-order valence-corrected chi connectivity index (χ3v) is 2.96. The first kappa shape index (κ1) is 15.4. The second-order valence-electron chi connectivity index (χ2n) is 4.64. The largest absolute Gasteiger partial charge is 0.497 e. The van der Waals surface area contributed by atoms with Crippen LogP contribution in [-0.2, 0) is 11.2 Å². The third-order valence-electron chi connectivity index (χ3n) is 2.96. The molecule has 0 atom stereocenters. The standard InChI is InChI=1S/C16H17N3O3/c1-22-14-8-2-11(3-9-14)10-15(20)18-12-4-6-13(7-5-12)19-16(17)21/h2-9H,10H2,1H3,(H,18,20)(H3,17,19,21). The molecule has 0 aliphatic rings. The van der Waals surface area contributed by atoms with Crippen LogP contribution in [0.1, 0.15) is 5.56 Å². The van der Waals surface area contributed by atoms with E-state index in [9.17, 15) is 9.59 Å². The predicted molar refractivity (Wildman–Crippen MR) is 85.0 cm³/mol. The molecule has 22 heavy (non-hydrogen) atoms. The van der Waals surface area contributed by atoms with Gasteiger partial charge >= 0.3 is 6.03 Å². The quantitative estimate of drug-likeness (QED) is 0.791. The van der Waals surface area contributed by atoms with Gasteiger partial charge in [0.25, 0.3) is 0 Å². The molecule has 2 aromatic carbocycles. The highest BCUT2D eigenvalue weighted by atomic mass is 16.5. The lowest BCUT2D eigenvalue weighted by molar-refractivity contribution is -0.115. The fraction of sp³-hybridized carbons (Fsp3) is 0.125. The van der Waals surface area contributed by atoms with Gasteiger partial charge in [0.05, 0.1) is 13.5 Å². The Morgan fingerprint density at radius 3 is 2.00 bits per heavy atom. The maximum absolute atomic E-state index is 12.0. The Kier molecular flexibility index (Phi) is 4.98. The van der Waals surface area contributed by atoms with Crippen LogP contribution in [0.3, 0.4) is 0 Å². The lowest BCUT2D eigenvalue weighted by Crippen LogP contribution is -2.19. The molecule has 0 spiro atoms. The van der Waals surface area contributed by atoms with Crippen LogP contribution in [0.5, 0.6) is 5.75 Å². The Labute approximate surface area is 128 Å². The molecule has 4 N–H and O–H groups in total. The summed E-state index contributed by atoms with van der Waals surface area (Å²) in [6.07, 6.45) is 0.269. The molecule has 3 amide bonds. The molecule has 0 saturated heterocycles. The van der Waals surface area contributed by atoms with Crippen LogP contribution in [-0.4, -0.2) is 19.0 Å². The monoisotopic (exact) mass is 299 g/mol. The molecule has 0 saturated carbocycles. The number of benzene rings is 2. The third kappa shape index (κ3) is 4.52. The van der Waals surface area contributed by atoms with Crippen LogP contribution in [0.15, 0.2) is 48.5 Å². The minimum atomic E-state index is -0.628. The number of hydrogen-bond donors (Lipinski definition) is 3. The van der Waals surface area contributed by atoms with E-state index in [2.05, 4.69) is 10.6 Å². The Balaban J connectivity index is 1.92. The van der Waals surface area contributed by atoms with Crippen molar-refractivity contribution in [1.29, 1.82) is 0 Å². The molecular weight excluding hydrogens is 282 g/mol. The second kappa shape index (κ2) is 7.12. The maximum Gasteiger partial charge on any atom is 0.316 e. The number of urea groups is 1. The Hall–Kier alpha value is -3.02. The van der Waals surface area contributed by atoms with E-state index in [0.717, 1.165) is 11.3 Å². The molecule has 6 heteroatoms. The van der Waals surface area contributed by atoms with Gasteiger partial charge in [0.15, 0.2) is 0 Å². The van der Waals surface area contributed by atoms with Gasteiger partial charge in [-0.15, -0.1) is 0 Å². The summed E-state index contributed by atoms with van der Waals surface area (Å²) in [5.74, 6) is 0.627. The normalized spacial score (nSPS) is 9.86. The number of primary amides is 1. The van der Waals surface area contributed by atoms with E-state index in [0.29, 0.717) is 11.4 Å². The summed E-state index contributed by atoms with van der Waals surface area (Å²) in [7, 11) is 1.60. The van der Waals surface area contributed by atoms with Gasteiger partial charge in [0, 0.05) is 11.4 Å². The van der Waals surface area contributed by atoms with Crippen molar-refractivity contribution in [1.82, 2.24) is 0 Å². The zero-order valence-corrected chi connectivity index (χ0v) is 12.1. The van der Waals surface area contributed by atoms with Gasteiger partial charge in [-0.2, -0.15) is 0 Å². The molecule has 0 fully saturated rings. The smallest absolute Gasteiger partial charge is 0.316 e. The summed E-state index contributed by atoms with van der Waals surface area (Å²) >= 11 is 0. The van der Waals surface area contributed by atoms with Crippen molar-refractivity contribution in [3.05, 3.63) is 54.1 Å². The highest BCUT2D eigenvalue weighted by molar-refractivity contribution is 5.93. The summed E-state index contributed by atoms with van der Waals surface area (Å²) < 4.78 is 5.07. The first-order valence-electron chi connectivity index (χ1n) is 6.66. The van der Waals surface area contributed by atoms with E-state index >= 15 is 0 Å². The van der Waals surface area contributed by atoms with E-state index in [-0.39, 0.29) is 12.3 Å². The average Bonchev–Trinajstić information content (AvgIpc) is 2.49. The van der Waals surface area contributed by atoms with E-state index in [1.165, 1.54) is 0 Å². The summed E-state index contributed by atoms with van der Waals surface area (Å²) in [5, 5.41) is 5.24. The van der Waals surface area contributed by atoms with Gasteiger partial charge in [0.1, 0.15) is 5.75 Å². The molecule has 0 aliphatic heterocycles. The van der Waals surface area contributed by atoms with Crippen molar-refractivity contribution in [2.45, 2.75) is 6.42 Å². The predicted octanol–water partition coefficient (Wildman–Crippen LogP) is 2.37. The highest BCUT2D eigenvalue weighted by Gasteiger charge is 2.05.